The first-order valence-electron chi connectivity index (χ1n) is 8.36. The molecule has 2 aromatic rings. The van der Waals surface area contributed by atoms with Gasteiger partial charge in [0.05, 0.1) is 5.69 Å². The van der Waals surface area contributed by atoms with Gasteiger partial charge < -0.3 is 15.7 Å². The summed E-state index contributed by atoms with van der Waals surface area (Å²) in [5.74, 6) is 2.13. The maximum atomic E-state index is 8.88. The van der Waals surface area contributed by atoms with E-state index in [1.54, 1.807) is 0 Å². The quantitative estimate of drug-likeness (QED) is 0.621. The first kappa shape index (κ1) is 15.7. The average Bonchev–Trinajstić information content (AvgIpc) is 3.41. The molecule has 0 bridgehead atoms. The van der Waals surface area contributed by atoms with Crippen molar-refractivity contribution in [1.82, 2.24) is 9.97 Å². The average molecular weight is 312 g/mol. The molecule has 3 N–H and O–H groups in total. The molecule has 0 atom stereocenters. The monoisotopic (exact) mass is 312 g/mol. The fourth-order valence-corrected chi connectivity index (χ4v) is 2.48. The minimum Gasteiger partial charge on any atom is -0.396 e. The molecule has 3 rings (SSSR count). The minimum absolute atomic E-state index is 0.178. The second-order valence-corrected chi connectivity index (χ2v) is 5.94. The van der Waals surface area contributed by atoms with Crippen molar-refractivity contribution in [2.75, 3.05) is 30.3 Å². The highest BCUT2D eigenvalue weighted by atomic mass is 16.3. The lowest BCUT2D eigenvalue weighted by atomic mass is 10.1. The molecule has 23 heavy (non-hydrogen) atoms. The van der Waals surface area contributed by atoms with Crippen molar-refractivity contribution >= 4 is 11.8 Å². The number of rotatable bonds is 9. The molecule has 1 aromatic carbocycles. The second-order valence-electron chi connectivity index (χ2n) is 5.94. The molecule has 1 saturated carbocycles. The van der Waals surface area contributed by atoms with Gasteiger partial charge in [-0.05, 0) is 31.2 Å². The lowest BCUT2D eigenvalue weighted by molar-refractivity contribution is 0.292. The van der Waals surface area contributed by atoms with Crippen molar-refractivity contribution in [3.8, 4) is 0 Å². The van der Waals surface area contributed by atoms with Gasteiger partial charge in [0, 0.05) is 31.7 Å². The summed E-state index contributed by atoms with van der Waals surface area (Å²) in [5.41, 5.74) is 2.44. The van der Waals surface area contributed by atoms with Crippen LogP contribution >= 0.6 is 0 Å². The van der Waals surface area contributed by atoms with Crippen molar-refractivity contribution in [3.63, 3.8) is 0 Å². The normalized spacial score (nSPS) is 13.8. The fourth-order valence-electron chi connectivity index (χ4n) is 2.48. The summed E-state index contributed by atoms with van der Waals surface area (Å²) in [6.07, 6.45) is 4.11. The summed E-state index contributed by atoms with van der Waals surface area (Å²) in [5, 5.41) is 15.5. The molecular weight excluding hydrogens is 288 g/mol. The van der Waals surface area contributed by atoms with Crippen LogP contribution in [-0.4, -0.2) is 34.8 Å². The van der Waals surface area contributed by atoms with Gasteiger partial charge in [-0.25, -0.2) is 4.98 Å². The standard InChI is InChI=1S/C18H24N4O/c23-12-4-10-20-18-21-16(15-7-8-15)13-17(22-18)19-11-9-14-5-2-1-3-6-14/h1-3,5-6,13,15,23H,4,7-12H2,(H2,19,20,21,22). The molecule has 1 aliphatic rings. The Morgan fingerprint density at radius 2 is 1.87 bits per heavy atom. The molecule has 5 heteroatoms. The second kappa shape index (κ2) is 7.92. The van der Waals surface area contributed by atoms with E-state index in [2.05, 4.69) is 50.9 Å². The zero-order valence-corrected chi connectivity index (χ0v) is 13.3. The first-order valence-corrected chi connectivity index (χ1v) is 8.36. The molecule has 0 radical (unpaired) electrons. The summed E-state index contributed by atoms with van der Waals surface area (Å²) in [6, 6.07) is 12.5. The third kappa shape index (κ3) is 4.93. The zero-order valence-electron chi connectivity index (χ0n) is 13.3. The van der Waals surface area contributed by atoms with E-state index >= 15 is 0 Å². The number of hydrogen-bond acceptors (Lipinski definition) is 5. The van der Waals surface area contributed by atoms with Crippen LogP contribution in [0.25, 0.3) is 0 Å². The van der Waals surface area contributed by atoms with Gasteiger partial charge in [-0.2, -0.15) is 4.98 Å². The molecule has 1 heterocycles. The number of aromatic nitrogens is 2. The van der Waals surface area contributed by atoms with Crippen LogP contribution in [0, 0.1) is 0 Å². The van der Waals surface area contributed by atoms with Crippen LogP contribution in [0.5, 0.6) is 0 Å². The van der Waals surface area contributed by atoms with E-state index in [-0.39, 0.29) is 6.61 Å². The molecule has 1 aromatic heterocycles. The maximum absolute atomic E-state index is 8.88. The SMILES string of the molecule is OCCCNc1nc(NCCc2ccccc2)cc(C2CC2)n1. The number of benzene rings is 1. The van der Waals surface area contributed by atoms with Gasteiger partial charge in [0.15, 0.2) is 0 Å². The first-order chi connectivity index (χ1) is 11.3. The molecule has 1 aliphatic carbocycles. The largest absolute Gasteiger partial charge is 0.396 e. The van der Waals surface area contributed by atoms with Gasteiger partial charge in [-0.3, -0.25) is 0 Å². The zero-order chi connectivity index (χ0) is 15.9. The van der Waals surface area contributed by atoms with Crippen LogP contribution in [0.1, 0.15) is 36.4 Å². The van der Waals surface area contributed by atoms with Crippen LogP contribution in [0.3, 0.4) is 0 Å². The third-order valence-electron chi connectivity index (χ3n) is 3.92. The van der Waals surface area contributed by atoms with Gasteiger partial charge in [0.25, 0.3) is 0 Å². The molecule has 0 amide bonds. The predicted molar refractivity (Wildman–Crippen MR) is 92.8 cm³/mol. The number of anilines is 2. The highest BCUT2D eigenvalue weighted by molar-refractivity contribution is 5.44. The molecule has 0 saturated heterocycles. The van der Waals surface area contributed by atoms with Crippen LogP contribution < -0.4 is 10.6 Å². The summed E-state index contributed by atoms with van der Waals surface area (Å²) in [6.45, 7) is 1.72. The highest BCUT2D eigenvalue weighted by Crippen LogP contribution is 2.39. The van der Waals surface area contributed by atoms with E-state index < -0.39 is 0 Å². The van der Waals surface area contributed by atoms with Crippen molar-refractivity contribution in [3.05, 3.63) is 47.7 Å². The number of aliphatic hydroxyl groups excluding tert-OH is 1. The number of nitrogens with zero attached hydrogens (tertiary/aromatic N) is 2. The Bertz CT molecular complexity index is 614. The Hall–Kier alpha value is -2.14. The van der Waals surface area contributed by atoms with E-state index in [0.717, 1.165) is 24.5 Å². The maximum Gasteiger partial charge on any atom is 0.224 e. The molecule has 0 unspecified atom stereocenters. The lowest BCUT2D eigenvalue weighted by Gasteiger charge is -2.11. The summed E-state index contributed by atoms with van der Waals surface area (Å²) < 4.78 is 0. The van der Waals surface area contributed by atoms with Gasteiger partial charge in [-0.1, -0.05) is 30.3 Å². The Morgan fingerprint density at radius 1 is 1.04 bits per heavy atom. The number of hydrogen-bond donors (Lipinski definition) is 3. The molecule has 0 aliphatic heterocycles. The van der Waals surface area contributed by atoms with E-state index in [0.29, 0.717) is 24.8 Å². The molecular formula is C18H24N4O. The van der Waals surface area contributed by atoms with E-state index in [9.17, 15) is 0 Å². The topological polar surface area (TPSA) is 70.1 Å². The Balaban J connectivity index is 1.60. The van der Waals surface area contributed by atoms with Crippen molar-refractivity contribution in [2.45, 2.75) is 31.6 Å². The lowest BCUT2D eigenvalue weighted by Crippen LogP contribution is -2.12. The van der Waals surface area contributed by atoms with Crippen molar-refractivity contribution in [2.24, 2.45) is 0 Å². The molecule has 1 fully saturated rings. The molecule has 0 spiro atoms. The van der Waals surface area contributed by atoms with Gasteiger partial charge in [-0.15, -0.1) is 0 Å². The van der Waals surface area contributed by atoms with E-state index in [1.807, 2.05) is 6.07 Å². The molecule has 5 nitrogen and oxygen atoms in total. The Morgan fingerprint density at radius 3 is 2.61 bits per heavy atom. The van der Waals surface area contributed by atoms with Crippen LogP contribution in [-0.2, 0) is 6.42 Å². The van der Waals surface area contributed by atoms with E-state index in [1.165, 1.54) is 18.4 Å². The van der Waals surface area contributed by atoms with Crippen molar-refractivity contribution in [1.29, 1.82) is 0 Å². The number of nitrogens with one attached hydrogen (secondary N) is 2. The summed E-state index contributed by atoms with van der Waals surface area (Å²) in [7, 11) is 0. The van der Waals surface area contributed by atoms with Crippen LogP contribution in [0.4, 0.5) is 11.8 Å². The van der Waals surface area contributed by atoms with Gasteiger partial charge in [0.2, 0.25) is 5.95 Å². The highest BCUT2D eigenvalue weighted by Gasteiger charge is 2.26. The summed E-state index contributed by atoms with van der Waals surface area (Å²) >= 11 is 0. The van der Waals surface area contributed by atoms with E-state index in [4.69, 9.17) is 5.11 Å². The fraction of sp³-hybridized carbons (Fsp3) is 0.444. The van der Waals surface area contributed by atoms with Gasteiger partial charge in [0.1, 0.15) is 5.82 Å². The summed E-state index contributed by atoms with van der Waals surface area (Å²) in [4.78, 5) is 9.12. The van der Waals surface area contributed by atoms with Crippen LogP contribution in [0.2, 0.25) is 0 Å². The number of aliphatic hydroxyl groups is 1. The Kier molecular flexibility index (Phi) is 5.42. The van der Waals surface area contributed by atoms with Gasteiger partial charge >= 0.3 is 0 Å². The minimum atomic E-state index is 0.178. The van der Waals surface area contributed by atoms with Crippen LogP contribution in [0.15, 0.2) is 36.4 Å². The van der Waals surface area contributed by atoms with Crippen molar-refractivity contribution < 1.29 is 5.11 Å². The molecule has 122 valence electrons. The third-order valence-corrected chi connectivity index (χ3v) is 3.92. The predicted octanol–water partition coefficient (Wildman–Crippen LogP) is 2.80. The Labute approximate surface area is 137 Å². The smallest absolute Gasteiger partial charge is 0.224 e.